The summed E-state index contributed by atoms with van der Waals surface area (Å²) >= 11 is 0. The van der Waals surface area contributed by atoms with Gasteiger partial charge in [-0.2, -0.15) is 0 Å². The van der Waals surface area contributed by atoms with Crippen LogP contribution in [-0.2, 0) is 4.74 Å². The summed E-state index contributed by atoms with van der Waals surface area (Å²) in [6, 6.07) is 0. The van der Waals surface area contributed by atoms with Gasteiger partial charge in [-0.15, -0.1) is 0 Å². The highest BCUT2D eigenvalue weighted by atomic mass is 16.5. The molecule has 0 saturated carbocycles. The molecule has 0 fully saturated rings. The van der Waals surface area contributed by atoms with Gasteiger partial charge in [0.15, 0.2) is 0 Å². The highest BCUT2D eigenvalue weighted by Gasteiger charge is 1.89. The number of hydrogen-bond donors (Lipinski definition) is 1. The van der Waals surface area contributed by atoms with Crippen molar-refractivity contribution in [2.75, 3.05) is 13.7 Å². The van der Waals surface area contributed by atoms with Crippen molar-refractivity contribution >= 4 is 0 Å². The summed E-state index contributed by atoms with van der Waals surface area (Å²) in [5.41, 5.74) is 0.817. The highest BCUT2D eigenvalue weighted by molar-refractivity contribution is 5.18. The van der Waals surface area contributed by atoms with Gasteiger partial charge in [-0.1, -0.05) is 12.7 Å². The summed E-state index contributed by atoms with van der Waals surface area (Å²) in [5.74, 6) is 0.135. The predicted octanol–water partition coefficient (Wildman–Crippen LogP) is 2.04. The molecule has 0 atom stereocenters. The van der Waals surface area contributed by atoms with Gasteiger partial charge in [-0.3, -0.25) is 0 Å². The summed E-state index contributed by atoms with van der Waals surface area (Å²) in [7, 11) is 1.65. The second-order valence-corrected chi connectivity index (χ2v) is 2.12. The molecule has 0 aliphatic heterocycles. The van der Waals surface area contributed by atoms with Crippen molar-refractivity contribution in [2.24, 2.45) is 0 Å². The second kappa shape index (κ2) is 5.06. The number of ether oxygens (including phenoxy) is 1. The van der Waals surface area contributed by atoms with Gasteiger partial charge in [0.05, 0.1) is 0 Å². The zero-order chi connectivity index (χ0) is 7.98. The molecule has 0 radical (unpaired) electrons. The van der Waals surface area contributed by atoms with Crippen LogP contribution in [0.5, 0.6) is 0 Å². The number of allylic oxidation sites excluding steroid dienone is 1. The van der Waals surface area contributed by atoms with Crippen LogP contribution in [0, 0.1) is 0 Å². The van der Waals surface area contributed by atoms with Crippen LogP contribution in [0.2, 0.25) is 0 Å². The van der Waals surface area contributed by atoms with E-state index in [1.807, 2.05) is 13.0 Å². The Morgan fingerprint density at radius 2 is 2.30 bits per heavy atom. The highest BCUT2D eigenvalue weighted by Crippen LogP contribution is 2.02. The Balaban J connectivity index is 3.58. The molecule has 2 heteroatoms. The molecule has 0 spiro atoms. The van der Waals surface area contributed by atoms with Crippen molar-refractivity contribution in [3.05, 3.63) is 24.0 Å². The van der Waals surface area contributed by atoms with E-state index < -0.39 is 0 Å². The maximum absolute atomic E-state index is 8.82. The Kier molecular flexibility index (Phi) is 4.67. The van der Waals surface area contributed by atoms with Gasteiger partial charge in [0, 0.05) is 13.7 Å². The van der Waals surface area contributed by atoms with Gasteiger partial charge in [0.25, 0.3) is 0 Å². The van der Waals surface area contributed by atoms with E-state index in [0.29, 0.717) is 6.61 Å². The van der Waals surface area contributed by atoms with Crippen LogP contribution in [0.4, 0.5) is 0 Å². The van der Waals surface area contributed by atoms with Gasteiger partial charge in [-0.25, -0.2) is 0 Å². The molecule has 0 unspecified atom stereocenters. The molecule has 0 aromatic rings. The average molecular weight is 142 g/mol. The van der Waals surface area contributed by atoms with Gasteiger partial charge >= 0.3 is 0 Å². The van der Waals surface area contributed by atoms with Gasteiger partial charge in [0.1, 0.15) is 5.76 Å². The van der Waals surface area contributed by atoms with Crippen LogP contribution in [0.15, 0.2) is 24.0 Å². The zero-order valence-electron chi connectivity index (χ0n) is 6.55. The van der Waals surface area contributed by atoms with E-state index in [-0.39, 0.29) is 5.76 Å². The van der Waals surface area contributed by atoms with E-state index in [9.17, 15) is 0 Å². The van der Waals surface area contributed by atoms with Crippen molar-refractivity contribution in [1.82, 2.24) is 0 Å². The predicted molar refractivity (Wildman–Crippen MR) is 42.0 cm³/mol. The van der Waals surface area contributed by atoms with E-state index in [1.165, 1.54) is 0 Å². The Bertz CT molecular complexity index is 136. The molecule has 0 aromatic carbocycles. The first-order valence-electron chi connectivity index (χ1n) is 3.22. The van der Waals surface area contributed by atoms with E-state index in [0.717, 1.165) is 12.0 Å². The van der Waals surface area contributed by atoms with Crippen molar-refractivity contribution < 1.29 is 9.84 Å². The molecule has 0 aromatic heterocycles. The number of methoxy groups -OCH3 is 1. The van der Waals surface area contributed by atoms with Crippen LogP contribution in [0.1, 0.15) is 13.3 Å². The van der Waals surface area contributed by atoms with Crippen molar-refractivity contribution in [2.45, 2.75) is 13.3 Å². The molecule has 0 aliphatic carbocycles. The largest absolute Gasteiger partial charge is 0.508 e. The molecule has 0 heterocycles. The smallest absolute Gasteiger partial charge is 0.111 e. The lowest BCUT2D eigenvalue weighted by molar-refractivity contribution is 0.204. The first-order valence-corrected chi connectivity index (χ1v) is 3.22. The van der Waals surface area contributed by atoms with Gasteiger partial charge in [0.2, 0.25) is 0 Å². The van der Waals surface area contributed by atoms with Gasteiger partial charge in [-0.05, 0) is 18.9 Å². The summed E-state index contributed by atoms with van der Waals surface area (Å²) in [6.07, 6.45) is 2.72. The van der Waals surface area contributed by atoms with Crippen molar-refractivity contribution in [3.8, 4) is 0 Å². The topological polar surface area (TPSA) is 29.5 Å². The lowest BCUT2D eigenvalue weighted by atomic mass is 10.2. The molecule has 0 amide bonds. The van der Waals surface area contributed by atoms with Crippen LogP contribution in [0.25, 0.3) is 0 Å². The van der Waals surface area contributed by atoms with Crippen molar-refractivity contribution in [3.63, 3.8) is 0 Å². The van der Waals surface area contributed by atoms with Gasteiger partial charge < -0.3 is 9.84 Å². The molecular formula is C8H14O2. The number of aliphatic hydroxyl groups is 1. The Labute approximate surface area is 61.8 Å². The van der Waals surface area contributed by atoms with Crippen LogP contribution in [-0.4, -0.2) is 18.8 Å². The summed E-state index contributed by atoms with van der Waals surface area (Å²) < 4.78 is 4.82. The third kappa shape index (κ3) is 4.15. The van der Waals surface area contributed by atoms with Crippen LogP contribution in [0.3, 0.4) is 0 Å². The standard InChI is InChI=1S/C8H14O2/c1-7(8(2)9)5-4-6-10-3/h5,9H,2,4,6H2,1,3H3. The van der Waals surface area contributed by atoms with Crippen LogP contribution >= 0.6 is 0 Å². The number of hydrogen-bond acceptors (Lipinski definition) is 2. The van der Waals surface area contributed by atoms with Crippen molar-refractivity contribution in [1.29, 1.82) is 0 Å². The molecule has 0 saturated heterocycles. The normalized spacial score (nSPS) is 11.6. The fourth-order valence-corrected chi connectivity index (χ4v) is 0.511. The lowest BCUT2D eigenvalue weighted by Gasteiger charge is -1.96. The summed E-state index contributed by atoms with van der Waals surface area (Å²) in [4.78, 5) is 0. The minimum Gasteiger partial charge on any atom is -0.508 e. The first-order chi connectivity index (χ1) is 4.68. The Morgan fingerprint density at radius 1 is 1.70 bits per heavy atom. The van der Waals surface area contributed by atoms with E-state index in [4.69, 9.17) is 9.84 Å². The average Bonchev–Trinajstić information content (AvgIpc) is 1.88. The number of aliphatic hydroxyl groups excluding tert-OH is 1. The fraction of sp³-hybridized carbons (Fsp3) is 0.500. The maximum atomic E-state index is 8.82. The first kappa shape index (κ1) is 9.24. The molecule has 0 aliphatic rings. The molecule has 2 nitrogen and oxygen atoms in total. The summed E-state index contributed by atoms with van der Waals surface area (Å²) in [5, 5.41) is 8.82. The summed E-state index contributed by atoms with van der Waals surface area (Å²) in [6.45, 7) is 5.88. The maximum Gasteiger partial charge on any atom is 0.111 e. The molecular weight excluding hydrogens is 128 g/mol. The third-order valence-electron chi connectivity index (χ3n) is 1.23. The molecule has 58 valence electrons. The van der Waals surface area contributed by atoms with Crippen LogP contribution < -0.4 is 0 Å². The fourth-order valence-electron chi connectivity index (χ4n) is 0.511. The quantitative estimate of drug-likeness (QED) is 0.370. The SMILES string of the molecule is C=C(O)C(C)=CCCOC. The molecule has 0 rings (SSSR count). The lowest BCUT2D eigenvalue weighted by Crippen LogP contribution is -1.87. The zero-order valence-corrected chi connectivity index (χ0v) is 6.55. The Hall–Kier alpha value is -0.760. The molecule has 1 N–H and O–H groups in total. The molecule has 10 heavy (non-hydrogen) atoms. The van der Waals surface area contributed by atoms with E-state index in [1.54, 1.807) is 7.11 Å². The Morgan fingerprint density at radius 3 is 2.70 bits per heavy atom. The third-order valence-corrected chi connectivity index (χ3v) is 1.23. The minimum atomic E-state index is 0.135. The molecule has 0 bridgehead atoms. The monoisotopic (exact) mass is 142 g/mol. The van der Waals surface area contributed by atoms with E-state index in [2.05, 4.69) is 6.58 Å². The number of rotatable bonds is 4. The van der Waals surface area contributed by atoms with E-state index >= 15 is 0 Å². The second-order valence-electron chi connectivity index (χ2n) is 2.12. The minimum absolute atomic E-state index is 0.135.